The Hall–Kier alpha value is -2.23. The molecule has 0 radical (unpaired) electrons. The van der Waals surface area contributed by atoms with E-state index in [1.807, 2.05) is 61.1 Å². The molecule has 4 nitrogen and oxygen atoms in total. The first kappa shape index (κ1) is 11.3. The fourth-order valence-electron chi connectivity index (χ4n) is 1.54. The lowest BCUT2D eigenvalue weighted by Gasteiger charge is -1.95. The van der Waals surface area contributed by atoms with Crippen LogP contribution in [0.3, 0.4) is 0 Å². The van der Waals surface area contributed by atoms with E-state index in [0.29, 0.717) is 0 Å². The Morgan fingerprint density at radius 3 is 2.41 bits per heavy atom. The van der Waals surface area contributed by atoms with E-state index in [0.717, 1.165) is 22.8 Å². The smallest absolute Gasteiger partial charge is 0.353 e. The highest BCUT2D eigenvalue weighted by Crippen LogP contribution is 2.18. The van der Waals surface area contributed by atoms with Crippen LogP contribution in [0.2, 0.25) is 0 Å². The first-order chi connectivity index (χ1) is 8.16. The third kappa shape index (κ3) is 2.66. The molecule has 86 valence electrons. The van der Waals surface area contributed by atoms with Gasteiger partial charge in [-0.1, -0.05) is 0 Å². The summed E-state index contributed by atoms with van der Waals surface area (Å²) in [6.07, 6.45) is 1.95. The molecule has 0 bridgehead atoms. The summed E-state index contributed by atoms with van der Waals surface area (Å²) in [4.78, 5) is 0. The number of benzene rings is 1. The van der Waals surface area contributed by atoms with Crippen LogP contribution in [0.15, 0.2) is 52.8 Å². The van der Waals surface area contributed by atoms with Gasteiger partial charge in [0.25, 0.3) is 0 Å². The zero-order valence-electron chi connectivity index (χ0n) is 9.96. The number of hydrogen-bond acceptors (Lipinski definition) is 3. The number of nitrogen functional groups attached to an aromatic ring is 1. The minimum atomic E-state index is 0.727. The molecule has 0 amide bonds. The average Bonchev–Trinajstić information content (AvgIpc) is 2.31. The molecule has 1 aromatic carbocycles. The molecule has 2 aromatic rings. The molecule has 0 aliphatic carbocycles. The van der Waals surface area contributed by atoms with E-state index in [1.54, 1.807) is 0 Å². The predicted octanol–water partition coefficient (Wildman–Crippen LogP) is 2.82. The maximum absolute atomic E-state index is 5.61. The molecule has 0 saturated carbocycles. The van der Waals surface area contributed by atoms with Crippen molar-refractivity contribution in [3.05, 3.63) is 48.2 Å². The Labute approximate surface area is 100 Å². The van der Waals surface area contributed by atoms with E-state index >= 15 is 0 Å². The van der Waals surface area contributed by atoms with E-state index in [9.17, 15) is 0 Å². The maximum atomic E-state index is 5.61. The van der Waals surface area contributed by atoms with Crippen LogP contribution in [0.4, 0.5) is 17.2 Å². The van der Waals surface area contributed by atoms with Crippen molar-refractivity contribution in [2.45, 2.75) is 6.92 Å². The van der Waals surface area contributed by atoms with Gasteiger partial charge in [-0.25, -0.2) is 4.57 Å². The maximum Gasteiger partial charge on any atom is 0.353 e. The van der Waals surface area contributed by atoms with Gasteiger partial charge >= 0.3 is 5.82 Å². The number of hydrogen-bond donors (Lipinski definition) is 1. The summed E-state index contributed by atoms with van der Waals surface area (Å²) in [5, 5.41) is 8.44. The van der Waals surface area contributed by atoms with E-state index in [2.05, 4.69) is 10.2 Å². The first-order valence-electron chi connectivity index (χ1n) is 5.39. The molecular weight excluding hydrogens is 212 g/mol. The number of aromatic nitrogens is 1. The monoisotopic (exact) mass is 227 g/mol. The third-order valence-electron chi connectivity index (χ3n) is 2.50. The summed E-state index contributed by atoms with van der Waals surface area (Å²) in [5.41, 5.74) is 8.22. The summed E-state index contributed by atoms with van der Waals surface area (Å²) >= 11 is 0. The number of nitrogens with zero attached hydrogens (tertiary/aromatic N) is 3. The number of aryl methyl sites for hydroxylation is 2. The molecule has 0 spiro atoms. The van der Waals surface area contributed by atoms with Crippen LogP contribution in [0.25, 0.3) is 0 Å². The lowest BCUT2D eigenvalue weighted by Crippen LogP contribution is -2.27. The third-order valence-corrected chi connectivity index (χ3v) is 2.50. The molecule has 1 heterocycles. The van der Waals surface area contributed by atoms with Crippen molar-refractivity contribution < 1.29 is 4.57 Å². The first-order valence-corrected chi connectivity index (χ1v) is 5.39. The highest BCUT2D eigenvalue weighted by molar-refractivity contribution is 5.47. The van der Waals surface area contributed by atoms with Gasteiger partial charge in [0.2, 0.25) is 0 Å². The van der Waals surface area contributed by atoms with Crippen LogP contribution in [0.1, 0.15) is 5.56 Å². The van der Waals surface area contributed by atoms with Crippen molar-refractivity contribution in [2.75, 3.05) is 5.73 Å². The summed E-state index contributed by atoms with van der Waals surface area (Å²) < 4.78 is 1.94. The molecule has 2 N–H and O–H groups in total. The van der Waals surface area contributed by atoms with Crippen LogP contribution >= 0.6 is 0 Å². The fourth-order valence-corrected chi connectivity index (χ4v) is 1.54. The van der Waals surface area contributed by atoms with E-state index in [-0.39, 0.29) is 0 Å². The Bertz CT molecular complexity index is 524. The topological polar surface area (TPSA) is 54.6 Å². The van der Waals surface area contributed by atoms with Crippen molar-refractivity contribution in [1.82, 2.24) is 0 Å². The van der Waals surface area contributed by atoms with Gasteiger partial charge in [0, 0.05) is 11.3 Å². The lowest BCUT2D eigenvalue weighted by molar-refractivity contribution is -0.658. The number of nitrogens with two attached hydrogens (primary N) is 1. The largest absolute Gasteiger partial charge is 0.399 e. The number of anilines is 1. The zero-order chi connectivity index (χ0) is 12.3. The second-order valence-corrected chi connectivity index (χ2v) is 3.92. The van der Waals surface area contributed by atoms with Crippen molar-refractivity contribution in [1.29, 1.82) is 0 Å². The van der Waals surface area contributed by atoms with Gasteiger partial charge < -0.3 is 5.73 Å². The predicted molar refractivity (Wildman–Crippen MR) is 67.4 cm³/mol. The van der Waals surface area contributed by atoms with Gasteiger partial charge in [-0.05, 0) is 48.4 Å². The Kier molecular flexibility index (Phi) is 3.14. The Balaban J connectivity index is 2.29. The van der Waals surface area contributed by atoms with Crippen molar-refractivity contribution >= 4 is 17.2 Å². The molecule has 0 aliphatic heterocycles. The standard InChI is InChI=1S/C13H14N4/c1-10-4-3-9-17(2)13(10)16-15-12-7-5-11(14)6-8-12/h3-9,14H,1-2H3/p+1. The number of azo groups is 1. The quantitative estimate of drug-likeness (QED) is 0.478. The van der Waals surface area contributed by atoms with Crippen molar-refractivity contribution in [3.8, 4) is 0 Å². The minimum absolute atomic E-state index is 0.727. The van der Waals surface area contributed by atoms with Crippen LogP contribution < -0.4 is 10.3 Å². The van der Waals surface area contributed by atoms with Gasteiger partial charge in [0.15, 0.2) is 0 Å². The molecule has 0 fully saturated rings. The normalized spacial score (nSPS) is 10.9. The van der Waals surface area contributed by atoms with Gasteiger partial charge in [0.1, 0.15) is 5.69 Å². The van der Waals surface area contributed by atoms with E-state index < -0.39 is 0 Å². The van der Waals surface area contributed by atoms with Gasteiger partial charge in [-0.3, -0.25) is 0 Å². The molecule has 0 atom stereocenters. The van der Waals surface area contributed by atoms with Crippen LogP contribution in [0, 0.1) is 6.92 Å². The SMILES string of the molecule is Cc1ccc[n+](C)c1N=Nc1ccc(N)cc1. The molecule has 17 heavy (non-hydrogen) atoms. The van der Waals surface area contributed by atoms with Crippen molar-refractivity contribution in [2.24, 2.45) is 17.3 Å². The molecule has 0 aliphatic rings. The van der Waals surface area contributed by atoms with Gasteiger partial charge in [-0.15, -0.1) is 0 Å². The van der Waals surface area contributed by atoms with E-state index in [4.69, 9.17) is 5.73 Å². The second kappa shape index (κ2) is 4.74. The number of rotatable bonds is 2. The van der Waals surface area contributed by atoms with Gasteiger partial charge in [0.05, 0.1) is 18.4 Å². The van der Waals surface area contributed by atoms with Crippen LogP contribution in [-0.2, 0) is 7.05 Å². The second-order valence-electron chi connectivity index (χ2n) is 3.92. The fraction of sp³-hybridized carbons (Fsp3) is 0.154. The summed E-state index contributed by atoms with van der Waals surface area (Å²) in [6, 6.07) is 11.3. The van der Waals surface area contributed by atoms with Crippen molar-refractivity contribution in [3.63, 3.8) is 0 Å². The van der Waals surface area contributed by atoms with Crippen LogP contribution in [0.5, 0.6) is 0 Å². The molecule has 0 unspecified atom stereocenters. The Morgan fingerprint density at radius 2 is 1.76 bits per heavy atom. The highest BCUT2D eigenvalue weighted by Gasteiger charge is 2.09. The summed E-state index contributed by atoms with van der Waals surface area (Å²) in [6.45, 7) is 2.01. The zero-order valence-corrected chi connectivity index (χ0v) is 9.96. The summed E-state index contributed by atoms with van der Waals surface area (Å²) in [5.74, 6) is 0.851. The molecule has 2 rings (SSSR count). The van der Waals surface area contributed by atoms with Gasteiger partial charge in [-0.2, -0.15) is 0 Å². The summed E-state index contributed by atoms with van der Waals surface area (Å²) in [7, 11) is 1.95. The highest BCUT2D eigenvalue weighted by atomic mass is 15.2. The molecule has 0 saturated heterocycles. The lowest BCUT2D eigenvalue weighted by atomic mass is 10.3. The minimum Gasteiger partial charge on any atom is -0.399 e. The molecule has 1 aromatic heterocycles. The van der Waals surface area contributed by atoms with Crippen LogP contribution in [-0.4, -0.2) is 0 Å². The number of pyridine rings is 1. The molecule has 4 heteroatoms. The van der Waals surface area contributed by atoms with E-state index in [1.165, 1.54) is 0 Å². The Morgan fingerprint density at radius 1 is 1.06 bits per heavy atom. The molecular formula is C13H15N4+. The average molecular weight is 227 g/mol.